The van der Waals surface area contributed by atoms with E-state index < -0.39 is 29.8 Å². The lowest BCUT2D eigenvalue weighted by molar-refractivity contribution is -0.150. The van der Waals surface area contributed by atoms with Crippen LogP contribution in [0.2, 0.25) is 0 Å². The highest BCUT2D eigenvalue weighted by Gasteiger charge is 2.43. The zero-order valence-corrected chi connectivity index (χ0v) is 16.3. The largest absolute Gasteiger partial charge is 0.463 e. The van der Waals surface area contributed by atoms with E-state index in [4.69, 9.17) is 9.15 Å². The first-order chi connectivity index (χ1) is 13.8. The number of carbonyl (C=O) groups is 4. The molecule has 0 saturated heterocycles. The number of methoxy groups -OCH3 is 1. The van der Waals surface area contributed by atoms with Gasteiger partial charge in [0, 0.05) is 0 Å². The Morgan fingerprint density at radius 1 is 1.03 bits per heavy atom. The minimum atomic E-state index is -1.06. The molecule has 0 spiro atoms. The van der Waals surface area contributed by atoms with E-state index in [0.29, 0.717) is 0 Å². The topological polar surface area (TPSA) is 103 Å². The highest BCUT2D eigenvalue weighted by molar-refractivity contribution is 6.22. The number of rotatable bonds is 7. The molecule has 2 aromatic rings. The number of furan rings is 1. The third-order valence-corrected chi connectivity index (χ3v) is 4.51. The molecule has 8 heteroatoms. The van der Waals surface area contributed by atoms with Gasteiger partial charge in [-0.2, -0.15) is 0 Å². The zero-order valence-electron chi connectivity index (χ0n) is 16.3. The molecule has 0 N–H and O–H groups in total. The van der Waals surface area contributed by atoms with Crippen molar-refractivity contribution in [2.45, 2.75) is 32.9 Å². The van der Waals surface area contributed by atoms with Gasteiger partial charge in [-0.15, -0.1) is 0 Å². The molecular formula is C21H21NO7. The number of hydrogen-bond donors (Lipinski definition) is 0. The summed E-state index contributed by atoms with van der Waals surface area (Å²) in [4.78, 5) is 50.7. The summed E-state index contributed by atoms with van der Waals surface area (Å²) < 4.78 is 15.1. The lowest BCUT2D eigenvalue weighted by Gasteiger charge is -2.25. The van der Waals surface area contributed by atoms with Crippen molar-refractivity contribution in [3.05, 3.63) is 59.0 Å². The van der Waals surface area contributed by atoms with E-state index >= 15 is 0 Å². The number of hydrogen-bond acceptors (Lipinski definition) is 7. The molecule has 0 bridgehead atoms. The second kappa shape index (κ2) is 8.30. The third kappa shape index (κ3) is 4.06. The van der Waals surface area contributed by atoms with Gasteiger partial charge in [0.2, 0.25) is 5.76 Å². The Labute approximate surface area is 167 Å². The van der Waals surface area contributed by atoms with Crippen LogP contribution in [0.3, 0.4) is 0 Å². The number of ether oxygens (including phenoxy) is 2. The highest BCUT2D eigenvalue weighted by atomic mass is 16.6. The lowest BCUT2D eigenvalue weighted by atomic mass is 10.0. The Kier molecular flexibility index (Phi) is 5.81. The zero-order chi connectivity index (χ0) is 21.1. The van der Waals surface area contributed by atoms with Crippen LogP contribution in [-0.4, -0.2) is 41.8 Å². The van der Waals surface area contributed by atoms with Gasteiger partial charge in [-0.25, -0.2) is 9.59 Å². The Morgan fingerprint density at radius 2 is 1.66 bits per heavy atom. The van der Waals surface area contributed by atoms with E-state index in [-0.39, 0.29) is 41.6 Å². The molecule has 152 valence electrons. The maximum Gasteiger partial charge on any atom is 0.373 e. The lowest BCUT2D eigenvalue weighted by Crippen LogP contribution is -2.46. The van der Waals surface area contributed by atoms with Gasteiger partial charge in [-0.3, -0.25) is 14.5 Å². The Morgan fingerprint density at radius 3 is 2.21 bits per heavy atom. The normalized spacial score (nSPS) is 14.1. The second-order valence-electron chi connectivity index (χ2n) is 7.04. The predicted molar refractivity (Wildman–Crippen MR) is 100 cm³/mol. The van der Waals surface area contributed by atoms with Crippen molar-refractivity contribution >= 4 is 23.8 Å². The molecule has 2 heterocycles. The number of benzene rings is 1. The number of imide groups is 1. The van der Waals surface area contributed by atoms with Gasteiger partial charge in [0.05, 0.1) is 18.2 Å². The molecule has 3 rings (SSSR count). The average Bonchev–Trinajstić information content (AvgIpc) is 3.28. The van der Waals surface area contributed by atoms with Crippen LogP contribution >= 0.6 is 0 Å². The van der Waals surface area contributed by atoms with Gasteiger partial charge in [-0.1, -0.05) is 26.0 Å². The van der Waals surface area contributed by atoms with Crippen LogP contribution in [-0.2, 0) is 20.9 Å². The Bertz CT molecular complexity index is 924. The smallest absolute Gasteiger partial charge is 0.373 e. The molecule has 1 aliphatic heterocycles. The van der Waals surface area contributed by atoms with Gasteiger partial charge in [-0.05, 0) is 36.6 Å². The SMILES string of the molecule is COC(=O)c1ccc(COC(=O)[C@@H](CC(C)C)N2C(=O)c3ccccc3C2=O)o1. The van der Waals surface area contributed by atoms with Gasteiger partial charge in [0.15, 0.2) is 0 Å². The van der Waals surface area contributed by atoms with Crippen LogP contribution < -0.4 is 0 Å². The monoisotopic (exact) mass is 399 g/mol. The molecule has 1 atom stereocenters. The maximum absolute atomic E-state index is 12.8. The fourth-order valence-corrected chi connectivity index (χ4v) is 3.15. The molecule has 1 aromatic carbocycles. The first-order valence-corrected chi connectivity index (χ1v) is 9.14. The second-order valence-corrected chi connectivity index (χ2v) is 7.04. The summed E-state index contributed by atoms with van der Waals surface area (Å²) in [6.45, 7) is 3.52. The van der Waals surface area contributed by atoms with E-state index in [2.05, 4.69) is 4.74 Å². The van der Waals surface area contributed by atoms with Gasteiger partial charge < -0.3 is 13.9 Å². The highest BCUT2D eigenvalue weighted by Crippen LogP contribution is 2.27. The fourth-order valence-electron chi connectivity index (χ4n) is 3.15. The summed E-state index contributed by atoms with van der Waals surface area (Å²) >= 11 is 0. The Hall–Kier alpha value is -3.42. The van der Waals surface area contributed by atoms with Crippen molar-refractivity contribution in [1.82, 2.24) is 4.90 Å². The van der Waals surface area contributed by atoms with Crippen molar-refractivity contribution in [3.63, 3.8) is 0 Å². The van der Waals surface area contributed by atoms with Crippen LogP contribution in [0, 0.1) is 5.92 Å². The van der Waals surface area contributed by atoms with E-state index in [1.54, 1.807) is 24.3 Å². The third-order valence-electron chi connectivity index (χ3n) is 4.51. The average molecular weight is 399 g/mol. The van der Waals surface area contributed by atoms with Crippen molar-refractivity contribution in [2.24, 2.45) is 5.92 Å². The number of fused-ring (bicyclic) bond motifs is 1. The first-order valence-electron chi connectivity index (χ1n) is 9.14. The quantitative estimate of drug-likeness (QED) is 0.521. The standard InChI is InChI=1S/C21H21NO7/c1-12(2)10-16(22-18(23)14-6-4-5-7-15(14)19(22)24)20(25)28-11-13-8-9-17(29-13)21(26)27-3/h4-9,12,16H,10-11H2,1-3H3/t16-/m1/s1. The number of nitrogens with zero attached hydrogens (tertiary/aromatic N) is 1. The fraction of sp³-hybridized carbons (Fsp3) is 0.333. The van der Waals surface area contributed by atoms with Crippen LogP contribution in [0.5, 0.6) is 0 Å². The molecule has 0 saturated carbocycles. The molecule has 2 amide bonds. The van der Waals surface area contributed by atoms with E-state index in [9.17, 15) is 19.2 Å². The van der Waals surface area contributed by atoms with Crippen molar-refractivity contribution < 1.29 is 33.1 Å². The summed E-state index contributed by atoms with van der Waals surface area (Å²) in [7, 11) is 1.23. The molecule has 0 radical (unpaired) electrons. The molecule has 1 aliphatic rings. The molecule has 1 aromatic heterocycles. The Balaban J connectivity index is 1.76. The number of esters is 2. The van der Waals surface area contributed by atoms with Gasteiger partial charge in [0.1, 0.15) is 18.4 Å². The summed E-state index contributed by atoms with van der Waals surface area (Å²) in [5.74, 6) is -2.14. The van der Waals surface area contributed by atoms with Crippen molar-refractivity contribution in [1.29, 1.82) is 0 Å². The minimum absolute atomic E-state index is 0.0161. The molecule has 29 heavy (non-hydrogen) atoms. The van der Waals surface area contributed by atoms with Gasteiger partial charge >= 0.3 is 11.9 Å². The molecule has 0 fully saturated rings. The summed E-state index contributed by atoms with van der Waals surface area (Å²) in [6.07, 6.45) is 0.260. The van der Waals surface area contributed by atoms with E-state index in [1.807, 2.05) is 13.8 Å². The first kappa shape index (κ1) is 20.3. The van der Waals surface area contributed by atoms with Gasteiger partial charge in [0.25, 0.3) is 11.8 Å². The summed E-state index contributed by atoms with van der Waals surface area (Å²) in [6, 6.07) is 8.29. The van der Waals surface area contributed by atoms with E-state index in [1.165, 1.54) is 19.2 Å². The molecular weight excluding hydrogens is 378 g/mol. The number of carbonyl (C=O) groups excluding carboxylic acids is 4. The summed E-state index contributed by atoms with van der Waals surface area (Å²) in [5, 5.41) is 0. The molecule has 0 unspecified atom stereocenters. The van der Waals surface area contributed by atoms with Crippen LogP contribution in [0.1, 0.15) is 57.3 Å². The summed E-state index contributed by atoms with van der Waals surface area (Å²) in [5.41, 5.74) is 0.542. The number of amides is 2. The van der Waals surface area contributed by atoms with Crippen LogP contribution in [0.25, 0.3) is 0 Å². The van der Waals surface area contributed by atoms with E-state index in [0.717, 1.165) is 4.90 Å². The molecule has 0 aliphatic carbocycles. The van der Waals surface area contributed by atoms with Crippen molar-refractivity contribution in [3.8, 4) is 0 Å². The minimum Gasteiger partial charge on any atom is -0.463 e. The molecule has 8 nitrogen and oxygen atoms in total. The maximum atomic E-state index is 12.8. The predicted octanol–water partition coefficient (Wildman–Crippen LogP) is 2.82. The van der Waals surface area contributed by atoms with Crippen molar-refractivity contribution in [2.75, 3.05) is 7.11 Å². The van der Waals surface area contributed by atoms with Crippen LogP contribution in [0.15, 0.2) is 40.8 Å². The van der Waals surface area contributed by atoms with Crippen LogP contribution in [0.4, 0.5) is 0 Å².